The fourth-order valence-corrected chi connectivity index (χ4v) is 0.947. The number of rotatable bonds is 3. The van der Waals surface area contributed by atoms with Crippen LogP contribution in [0.5, 0.6) is 5.75 Å². The molecular weight excluding hydrogens is 178 g/mol. The predicted octanol–water partition coefficient (Wildman–Crippen LogP) is 1.49. The zero-order valence-corrected chi connectivity index (χ0v) is 7.13. The van der Waals surface area contributed by atoms with E-state index < -0.39 is 6.43 Å². The number of aromatic nitrogens is 1. The lowest BCUT2D eigenvalue weighted by Crippen LogP contribution is -2.04. The van der Waals surface area contributed by atoms with E-state index in [-0.39, 0.29) is 18.0 Å². The van der Waals surface area contributed by atoms with Crippen molar-refractivity contribution in [2.45, 2.75) is 13.0 Å². The Morgan fingerprint density at radius 2 is 2.23 bits per heavy atom. The largest absolute Gasteiger partial charge is 0.495 e. The Labute approximate surface area is 74.5 Å². The molecule has 72 valence electrons. The smallest absolute Gasteiger partial charge is 0.284 e. The van der Waals surface area contributed by atoms with Crippen LogP contribution in [0.2, 0.25) is 0 Å². The van der Waals surface area contributed by atoms with Crippen molar-refractivity contribution in [3.05, 3.63) is 23.5 Å². The van der Waals surface area contributed by atoms with Crippen LogP contribution in [0, 0.1) is 0 Å². The quantitative estimate of drug-likeness (QED) is 0.781. The minimum atomic E-state index is -2.64. The van der Waals surface area contributed by atoms with E-state index in [1.807, 2.05) is 0 Å². The van der Waals surface area contributed by atoms with Crippen molar-refractivity contribution < 1.29 is 13.5 Å². The average molecular weight is 188 g/mol. The van der Waals surface area contributed by atoms with E-state index in [1.54, 1.807) is 6.07 Å². The van der Waals surface area contributed by atoms with Crippen LogP contribution in [-0.2, 0) is 6.54 Å². The normalized spacial score (nSPS) is 10.5. The highest BCUT2D eigenvalue weighted by molar-refractivity contribution is 5.30. The van der Waals surface area contributed by atoms with Crippen molar-refractivity contribution in [1.29, 1.82) is 0 Å². The maximum atomic E-state index is 12.3. The Balaban J connectivity index is 3.10. The second kappa shape index (κ2) is 4.13. The molecule has 0 saturated carbocycles. The van der Waals surface area contributed by atoms with Gasteiger partial charge >= 0.3 is 0 Å². The molecule has 0 unspecified atom stereocenters. The topological polar surface area (TPSA) is 48.1 Å². The second-order valence-electron chi connectivity index (χ2n) is 2.39. The van der Waals surface area contributed by atoms with Crippen LogP contribution in [0.25, 0.3) is 0 Å². The summed E-state index contributed by atoms with van der Waals surface area (Å²) in [4.78, 5) is 3.66. The highest BCUT2D eigenvalue weighted by Crippen LogP contribution is 2.26. The van der Waals surface area contributed by atoms with Crippen LogP contribution in [0.15, 0.2) is 12.1 Å². The van der Waals surface area contributed by atoms with Gasteiger partial charge in [-0.1, -0.05) is 0 Å². The van der Waals surface area contributed by atoms with Crippen LogP contribution in [0.3, 0.4) is 0 Å². The maximum Gasteiger partial charge on any atom is 0.284 e. The molecular formula is C8H10F2N2O. The highest BCUT2D eigenvalue weighted by atomic mass is 19.3. The Bertz CT molecular complexity index is 291. The van der Waals surface area contributed by atoms with Crippen LogP contribution in [-0.4, -0.2) is 12.1 Å². The molecule has 2 N–H and O–H groups in total. The molecule has 1 rings (SSSR count). The molecule has 0 amide bonds. The molecule has 0 spiro atoms. The van der Waals surface area contributed by atoms with Gasteiger partial charge in [0.2, 0.25) is 0 Å². The third-order valence-electron chi connectivity index (χ3n) is 1.58. The van der Waals surface area contributed by atoms with Gasteiger partial charge in [-0.25, -0.2) is 13.8 Å². The first kappa shape index (κ1) is 9.85. The molecule has 0 atom stereocenters. The summed E-state index contributed by atoms with van der Waals surface area (Å²) >= 11 is 0. The molecule has 0 aromatic carbocycles. The lowest BCUT2D eigenvalue weighted by molar-refractivity contribution is 0.141. The molecule has 0 aliphatic carbocycles. The van der Waals surface area contributed by atoms with Gasteiger partial charge in [0.25, 0.3) is 6.43 Å². The molecule has 1 heterocycles. The number of hydrogen-bond acceptors (Lipinski definition) is 3. The molecule has 0 aliphatic heterocycles. The number of nitrogens with two attached hydrogens (primary N) is 1. The van der Waals surface area contributed by atoms with Crippen molar-refractivity contribution in [1.82, 2.24) is 4.98 Å². The highest BCUT2D eigenvalue weighted by Gasteiger charge is 2.15. The summed E-state index contributed by atoms with van der Waals surface area (Å²) in [7, 11) is 1.32. The minimum Gasteiger partial charge on any atom is -0.495 e. The SMILES string of the molecule is COc1ccc(CN)nc1C(F)F. The molecule has 0 bridgehead atoms. The summed E-state index contributed by atoms with van der Waals surface area (Å²) in [5.74, 6) is 0.0900. The number of ether oxygens (including phenoxy) is 1. The summed E-state index contributed by atoms with van der Waals surface area (Å²) in [6, 6.07) is 3.00. The van der Waals surface area contributed by atoms with Crippen LogP contribution in [0.4, 0.5) is 8.78 Å². The van der Waals surface area contributed by atoms with Crippen molar-refractivity contribution in [2.24, 2.45) is 5.73 Å². The average Bonchev–Trinajstić information content (AvgIpc) is 2.16. The zero-order chi connectivity index (χ0) is 9.84. The molecule has 13 heavy (non-hydrogen) atoms. The van der Waals surface area contributed by atoms with Crippen LogP contribution >= 0.6 is 0 Å². The van der Waals surface area contributed by atoms with Crippen LogP contribution < -0.4 is 10.5 Å². The fourth-order valence-electron chi connectivity index (χ4n) is 0.947. The minimum absolute atomic E-state index is 0.0900. The van der Waals surface area contributed by atoms with E-state index in [0.29, 0.717) is 5.69 Å². The Morgan fingerprint density at radius 3 is 2.69 bits per heavy atom. The first-order chi connectivity index (χ1) is 6.19. The molecule has 0 aliphatic rings. The monoisotopic (exact) mass is 188 g/mol. The zero-order valence-electron chi connectivity index (χ0n) is 7.13. The first-order valence-electron chi connectivity index (χ1n) is 3.71. The lowest BCUT2D eigenvalue weighted by Gasteiger charge is -2.07. The first-order valence-corrected chi connectivity index (χ1v) is 3.71. The number of nitrogens with zero attached hydrogens (tertiary/aromatic N) is 1. The number of halogens is 2. The van der Waals surface area contributed by atoms with E-state index in [4.69, 9.17) is 10.5 Å². The summed E-state index contributed by atoms with van der Waals surface area (Å²) in [5.41, 5.74) is 5.33. The van der Waals surface area contributed by atoms with Gasteiger partial charge in [0.05, 0.1) is 12.8 Å². The third-order valence-corrected chi connectivity index (χ3v) is 1.58. The van der Waals surface area contributed by atoms with E-state index in [9.17, 15) is 8.78 Å². The van der Waals surface area contributed by atoms with Crippen LogP contribution in [0.1, 0.15) is 17.8 Å². The van der Waals surface area contributed by atoms with E-state index in [1.165, 1.54) is 13.2 Å². The van der Waals surface area contributed by atoms with Gasteiger partial charge in [-0.15, -0.1) is 0 Å². The van der Waals surface area contributed by atoms with Gasteiger partial charge in [0.15, 0.2) is 0 Å². The fraction of sp³-hybridized carbons (Fsp3) is 0.375. The van der Waals surface area contributed by atoms with Crippen molar-refractivity contribution in [2.75, 3.05) is 7.11 Å². The standard InChI is InChI=1S/C8H10F2N2O/c1-13-6-3-2-5(4-11)12-7(6)8(9)10/h2-3,8H,4,11H2,1H3. The summed E-state index contributed by atoms with van der Waals surface area (Å²) in [6.07, 6.45) is -2.64. The van der Waals surface area contributed by atoms with Gasteiger partial charge in [-0.2, -0.15) is 0 Å². The Kier molecular flexibility index (Phi) is 3.13. The molecule has 3 nitrogen and oxygen atoms in total. The van der Waals surface area contributed by atoms with Crippen molar-refractivity contribution in [3.8, 4) is 5.75 Å². The number of methoxy groups -OCH3 is 1. The summed E-state index contributed by atoms with van der Waals surface area (Å²) in [6.45, 7) is 0.143. The van der Waals surface area contributed by atoms with E-state index in [2.05, 4.69) is 4.98 Å². The molecule has 0 fully saturated rings. The van der Waals surface area contributed by atoms with Gasteiger partial charge in [-0.3, -0.25) is 0 Å². The van der Waals surface area contributed by atoms with E-state index >= 15 is 0 Å². The predicted molar refractivity (Wildman–Crippen MR) is 43.6 cm³/mol. The number of pyridine rings is 1. The molecule has 1 aromatic rings. The summed E-state index contributed by atoms with van der Waals surface area (Å²) in [5, 5.41) is 0. The molecule has 1 aromatic heterocycles. The van der Waals surface area contributed by atoms with Gasteiger partial charge < -0.3 is 10.5 Å². The lowest BCUT2D eigenvalue weighted by atomic mass is 10.3. The molecule has 5 heteroatoms. The molecule has 0 saturated heterocycles. The third kappa shape index (κ3) is 2.12. The van der Waals surface area contributed by atoms with Crippen molar-refractivity contribution in [3.63, 3.8) is 0 Å². The van der Waals surface area contributed by atoms with E-state index in [0.717, 1.165) is 0 Å². The van der Waals surface area contributed by atoms with Gasteiger partial charge in [0, 0.05) is 6.54 Å². The second-order valence-corrected chi connectivity index (χ2v) is 2.39. The number of hydrogen-bond donors (Lipinski definition) is 1. The Morgan fingerprint density at radius 1 is 1.54 bits per heavy atom. The summed E-state index contributed by atoms with van der Waals surface area (Å²) < 4.78 is 29.4. The number of alkyl halides is 2. The molecule has 0 radical (unpaired) electrons. The van der Waals surface area contributed by atoms with Gasteiger partial charge in [0.1, 0.15) is 11.4 Å². The maximum absolute atomic E-state index is 12.3. The Hall–Kier alpha value is -1.23. The van der Waals surface area contributed by atoms with Gasteiger partial charge in [-0.05, 0) is 12.1 Å². The van der Waals surface area contributed by atoms with Crippen molar-refractivity contribution >= 4 is 0 Å².